The fourth-order valence-electron chi connectivity index (χ4n) is 2.39. The molecule has 1 N–H and O–H groups in total. The molecule has 8 nitrogen and oxygen atoms in total. The summed E-state index contributed by atoms with van der Waals surface area (Å²) in [5.74, 6) is 0.641. The highest BCUT2D eigenvalue weighted by molar-refractivity contribution is 5.80. The SMILES string of the molecule is CCN(CC)C(=O)CCCNC(=O)C(C)n1nnnc1C(C)(C)C. The lowest BCUT2D eigenvalue weighted by Crippen LogP contribution is -2.35. The number of nitrogens with one attached hydrogen (secondary N) is 1. The fourth-order valence-corrected chi connectivity index (χ4v) is 2.39. The Morgan fingerprint density at radius 3 is 2.42 bits per heavy atom. The van der Waals surface area contributed by atoms with Crippen LogP contribution in [0.2, 0.25) is 0 Å². The molecule has 0 saturated heterocycles. The predicted molar refractivity (Wildman–Crippen MR) is 91.4 cm³/mol. The van der Waals surface area contributed by atoms with Crippen molar-refractivity contribution < 1.29 is 9.59 Å². The van der Waals surface area contributed by atoms with Crippen LogP contribution in [0.3, 0.4) is 0 Å². The van der Waals surface area contributed by atoms with E-state index in [0.29, 0.717) is 38.3 Å². The number of tetrazole rings is 1. The molecule has 1 unspecified atom stereocenters. The van der Waals surface area contributed by atoms with E-state index in [1.807, 2.05) is 34.6 Å². The highest BCUT2D eigenvalue weighted by Crippen LogP contribution is 2.21. The third kappa shape index (κ3) is 5.28. The minimum Gasteiger partial charge on any atom is -0.354 e. The van der Waals surface area contributed by atoms with E-state index in [0.717, 1.165) is 0 Å². The molecule has 24 heavy (non-hydrogen) atoms. The summed E-state index contributed by atoms with van der Waals surface area (Å²) in [5.41, 5.74) is -0.242. The highest BCUT2D eigenvalue weighted by Gasteiger charge is 2.27. The number of rotatable bonds is 8. The molecule has 1 aromatic heterocycles. The Hall–Kier alpha value is -1.99. The van der Waals surface area contributed by atoms with Crippen LogP contribution in [0.5, 0.6) is 0 Å². The van der Waals surface area contributed by atoms with Gasteiger partial charge in [0.15, 0.2) is 5.82 Å². The first-order valence-electron chi connectivity index (χ1n) is 8.56. The zero-order valence-electron chi connectivity index (χ0n) is 15.7. The summed E-state index contributed by atoms with van der Waals surface area (Å²) >= 11 is 0. The molecule has 0 bridgehead atoms. The van der Waals surface area contributed by atoms with Crippen molar-refractivity contribution in [2.24, 2.45) is 0 Å². The van der Waals surface area contributed by atoms with Crippen molar-refractivity contribution in [3.63, 3.8) is 0 Å². The van der Waals surface area contributed by atoms with Gasteiger partial charge in [-0.1, -0.05) is 20.8 Å². The van der Waals surface area contributed by atoms with Gasteiger partial charge in [0.25, 0.3) is 0 Å². The van der Waals surface area contributed by atoms with E-state index in [4.69, 9.17) is 0 Å². The van der Waals surface area contributed by atoms with Crippen molar-refractivity contribution in [3.8, 4) is 0 Å². The molecule has 1 heterocycles. The second-order valence-electron chi connectivity index (χ2n) is 6.83. The Morgan fingerprint density at radius 2 is 1.88 bits per heavy atom. The van der Waals surface area contributed by atoms with Gasteiger partial charge in [0.2, 0.25) is 11.8 Å². The molecule has 0 aliphatic rings. The maximum Gasteiger partial charge on any atom is 0.244 e. The Kier molecular flexibility index (Phi) is 7.31. The standard InChI is InChI=1S/C16H30N6O2/c1-7-21(8-2)13(23)10-9-11-17-14(24)12(3)22-15(16(4,5)6)18-19-20-22/h12H,7-11H2,1-6H3,(H,17,24). The quantitative estimate of drug-likeness (QED) is 0.721. The number of hydrogen-bond donors (Lipinski definition) is 1. The summed E-state index contributed by atoms with van der Waals surface area (Å²) < 4.78 is 1.55. The lowest BCUT2D eigenvalue weighted by Gasteiger charge is -2.21. The van der Waals surface area contributed by atoms with Gasteiger partial charge >= 0.3 is 0 Å². The number of carbonyl (C=O) groups excluding carboxylic acids is 2. The van der Waals surface area contributed by atoms with Crippen LogP contribution in [0.4, 0.5) is 0 Å². The Balaban J connectivity index is 2.49. The number of hydrogen-bond acceptors (Lipinski definition) is 5. The third-order valence-corrected chi connectivity index (χ3v) is 3.89. The largest absolute Gasteiger partial charge is 0.354 e. The summed E-state index contributed by atoms with van der Waals surface area (Å²) in [6.07, 6.45) is 1.06. The van der Waals surface area contributed by atoms with Gasteiger partial charge < -0.3 is 10.2 Å². The predicted octanol–water partition coefficient (Wildman–Crippen LogP) is 1.30. The van der Waals surface area contributed by atoms with Gasteiger partial charge in [-0.15, -0.1) is 5.10 Å². The minimum atomic E-state index is -0.493. The van der Waals surface area contributed by atoms with Crippen LogP contribution >= 0.6 is 0 Å². The Bertz CT molecular complexity index is 545. The number of aromatic nitrogens is 4. The van der Waals surface area contributed by atoms with Gasteiger partial charge in [0.05, 0.1) is 0 Å². The van der Waals surface area contributed by atoms with Gasteiger partial charge in [-0.2, -0.15) is 0 Å². The van der Waals surface area contributed by atoms with Crippen LogP contribution in [0.1, 0.15) is 66.3 Å². The molecule has 8 heteroatoms. The fraction of sp³-hybridized carbons (Fsp3) is 0.812. The molecule has 136 valence electrons. The zero-order valence-corrected chi connectivity index (χ0v) is 15.7. The molecule has 1 aromatic rings. The average Bonchev–Trinajstić information content (AvgIpc) is 3.01. The van der Waals surface area contributed by atoms with E-state index >= 15 is 0 Å². The van der Waals surface area contributed by atoms with Crippen LogP contribution in [0.25, 0.3) is 0 Å². The van der Waals surface area contributed by atoms with Crippen molar-refractivity contribution in [1.82, 2.24) is 30.4 Å². The summed E-state index contributed by atoms with van der Waals surface area (Å²) in [7, 11) is 0. The molecule has 0 fully saturated rings. The first-order valence-corrected chi connectivity index (χ1v) is 8.56. The summed E-state index contributed by atoms with van der Waals surface area (Å²) in [6, 6.07) is -0.493. The maximum atomic E-state index is 12.3. The van der Waals surface area contributed by atoms with Gasteiger partial charge in [-0.3, -0.25) is 9.59 Å². The molecule has 0 aliphatic carbocycles. The van der Waals surface area contributed by atoms with Gasteiger partial charge in [0.1, 0.15) is 6.04 Å². The second-order valence-corrected chi connectivity index (χ2v) is 6.83. The number of nitrogens with zero attached hydrogens (tertiary/aromatic N) is 5. The smallest absolute Gasteiger partial charge is 0.244 e. The minimum absolute atomic E-state index is 0.123. The average molecular weight is 338 g/mol. The van der Waals surface area contributed by atoms with E-state index in [1.165, 1.54) is 0 Å². The zero-order chi connectivity index (χ0) is 18.3. The van der Waals surface area contributed by atoms with Crippen LogP contribution in [0, 0.1) is 0 Å². The molecular formula is C16H30N6O2. The lowest BCUT2D eigenvalue weighted by molar-refractivity contribution is -0.131. The molecule has 0 aliphatic heterocycles. The molecule has 2 amide bonds. The lowest BCUT2D eigenvalue weighted by atomic mass is 9.95. The Morgan fingerprint density at radius 1 is 1.25 bits per heavy atom. The number of carbonyl (C=O) groups is 2. The van der Waals surface area contributed by atoms with Crippen LogP contribution in [-0.2, 0) is 15.0 Å². The highest BCUT2D eigenvalue weighted by atomic mass is 16.2. The Labute approximate surface area is 144 Å². The van der Waals surface area contributed by atoms with E-state index < -0.39 is 6.04 Å². The molecule has 0 aromatic carbocycles. The van der Waals surface area contributed by atoms with Crippen LogP contribution in [0.15, 0.2) is 0 Å². The molecule has 0 radical (unpaired) electrons. The molecule has 0 spiro atoms. The van der Waals surface area contributed by atoms with Crippen molar-refractivity contribution in [2.75, 3.05) is 19.6 Å². The van der Waals surface area contributed by atoms with Crippen molar-refractivity contribution in [2.45, 2.75) is 65.8 Å². The van der Waals surface area contributed by atoms with Crippen LogP contribution < -0.4 is 5.32 Å². The first kappa shape index (κ1) is 20.1. The monoisotopic (exact) mass is 338 g/mol. The van der Waals surface area contributed by atoms with E-state index in [9.17, 15) is 9.59 Å². The van der Waals surface area contributed by atoms with E-state index in [-0.39, 0.29) is 17.2 Å². The van der Waals surface area contributed by atoms with Gasteiger partial charge in [0, 0.05) is 31.5 Å². The van der Waals surface area contributed by atoms with Crippen molar-refractivity contribution >= 4 is 11.8 Å². The molecular weight excluding hydrogens is 308 g/mol. The maximum absolute atomic E-state index is 12.3. The topological polar surface area (TPSA) is 93.0 Å². The van der Waals surface area contributed by atoms with Crippen molar-refractivity contribution in [1.29, 1.82) is 0 Å². The summed E-state index contributed by atoms with van der Waals surface area (Å²) in [4.78, 5) is 26.0. The first-order chi connectivity index (χ1) is 11.2. The van der Waals surface area contributed by atoms with Crippen molar-refractivity contribution in [3.05, 3.63) is 5.82 Å². The second kappa shape index (κ2) is 8.75. The third-order valence-electron chi connectivity index (χ3n) is 3.89. The summed E-state index contributed by atoms with van der Waals surface area (Å²) in [5, 5.41) is 14.5. The normalized spacial score (nSPS) is 12.8. The van der Waals surface area contributed by atoms with Crippen LogP contribution in [-0.4, -0.2) is 56.6 Å². The molecule has 0 saturated carbocycles. The van der Waals surface area contributed by atoms with Gasteiger partial charge in [-0.25, -0.2) is 4.68 Å². The summed E-state index contributed by atoms with van der Waals surface area (Å²) in [6.45, 7) is 13.6. The van der Waals surface area contributed by atoms with E-state index in [1.54, 1.807) is 16.5 Å². The number of amides is 2. The molecule has 1 atom stereocenters. The van der Waals surface area contributed by atoms with E-state index in [2.05, 4.69) is 20.8 Å². The molecule has 1 rings (SSSR count). The van der Waals surface area contributed by atoms with Gasteiger partial charge in [-0.05, 0) is 37.6 Å².